The van der Waals surface area contributed by atoms with Gasteiger partial charge >= 0.3 is 0 Å². The molecule has 1 atom stereocenters. The van der Waals surface area contributed by atoms with E-state index in [-0.39, 0.29) is 11.8 Å². The quantitative estimate of drug-likeness (QED) is 0.889. The molecule has 0 radical (unpaired) electrons. The van der Waals surface area contributed by atoms with Gasteiger partial charge < -0.3 is 15.1 Å². The first kappa shape index (κ1) is 14.1. The van der Waals surface area contributed by atoms with E-state index in [1.54, 1.807) is 6.26 Å². The first-order valence-electron chi connectivity index (χ1n) is 7.18. The van der Waals surface area contributed by atoms with Gasteiger partial charge in [0.15, 0.2) is 0 Å². The molecular formula is C15H24N2O2. The fourth-order valence-electron chi connectivity index (χ4n) is 2.65. The highest BCUT2D eigenvalue weighted by Crippen LogP contribution is 2.26. The number of carbonyl (C=O) groups excluding carboxylic acids is 1. The molecule has 106 valence electrons. The number of nitrogens with two attached hydrogens (primary N) is 1. The minimum absolute atomic E-state index is 0.0540. The van der Waals surface area contributed by atoms with E-state index >= 15 is 0 Å². The van der Waals surface area contributed by atoms with Gasteiger partial charge in [0.05, 0.1) is 18.8 Å². The maximum Gasteiger partial charge on any atom is 0.240 e. The molecule has 0 saturated heterocycles. The SMILES string of the molecule is CC(C)[C@H](N)C(=O)N(Cc1ccco1)C1CCCC1. The molecule has 1 heterocycles. The number of furan rings is 1. The highest BCUT2D eigenvalue weighted by molar-refractivity contribution is 5.82. The van der Waals surface area contributed by atoms with Crippen molar-refractivity contribution in [3.05, 3.63) is 24.2 Å². The van der Waals surface area contributed by atoms with E-state index < -0.39 is 6.04 Å². The maximum absolute atomic E-state index is 12.6. The van der Waals surface area contributed by atoms with Crippen LogP contribution >= 0.6 is 0 Å². The van der Waals surface area contributed by atoms with Gasteiger partial charge in [-0.25, -0.2) is 0 Å². The van der Waals surface area contributed by atoms with Crippen LogP contribution in [0.3, 0.4) is 0 Å². The fraction of sp³-hybridized carbons (Fsp3) is 0.667. The molecule has 1 amide bonds. The van der Waals surface area contributed by atoms with Crippen LogP contribution in [0.5, 0.6) is 0 Å². The second kappa shape index (κ2) is 6.24. The van der Waals surface area contributed by atoms with Crippen LogP contribution in [0.1, 0.15) is 45.3 Å². The van der Waals surface area contributed by atoms with Crippen molar-refractivity contribution in [2.45, 2.75) is 58.2 Å². The summed E-state index contributed by atoms with van der Waals surface area (Å²) in [5.74, 6) is 1.04. The Morgan fingerprint density at radius 1 is 1.47 bits per heavy atom. The summed E-state index contributed by atoms with van der Waals surface area (Å²) in [6.07, 6.45) is 6.20. The lowest BCUT2D eigenvalue weighted by Crippen LogP contribution is -2.49. The second-order valence-corrected chi connectivity index (χ2v) is 5.75. The van der Waals surface area contributed by atoms with Crippen LogP contribution in [-0.2, 0) is 11.3 Å². The van der Waals surface area contributed by atoms with Crippen LogP contribution in [0.2, 0.25) is 0 Å². The molecule has 1 saturated carbocycles. The molecule has 4 nitrogen and oxygen atoms in total. The molecular weight excluding hydrogens is 240 g/mol. The third-order valence-corrected chi connectivity index (χ3v) is 3.96. The van der Waals surface area contributed by atoms with E-state index in [0.717, 1.165) is 18.6 Å². The number of nitrogens with zero attached hydrogens (tertiary/aromatic N) is 1. The molecule has 4 heteroatoms. The van der Waals surface area contributed by atoms with Crippen LogP contribution in [0.25, 0.3) is 0 Å². The Balaban J connectivity index is 2.11. The smallest absolute Gasteiger partial charge is 0.240 e. The van der Waals surface area contributed by atoms with Crippen LogP contribution in [0, 0.1) is 5.92 Å². The van der Waals surface area contributed by atoms with Crippen molar-refractivity contribution >= 4 is 5.91 Å². The topological polar surface area (TPSA) is 59.5 Å². The van der Waals surface area contributed by atoms with E-state index in [1.165, 1.54) is 12.8 Å². The molecule has 1 fully saturated rings. The van der Waals surface area contributed by atoms with Gasteiger partial charge in [-0.2, -0.15) is 0 Å². The fourth-order valence-corrected chi connectivity index (χ4v) is 2.65. The van der Waals surface area contributed by atoms with E-state index in [0.29, 0.717) is 12.6 Å². The molecule has 1 aliphatic carbocycles. The minimum atomic E-state index is -0.421. The first-order chi connectivity index (χ1) is 9.09. The summed E-state index contributed by atoms with van der Waals surface area (Å²) in [5.41, 5.74) is 6.04. The number of carbonyl (C=O) groups is 1. The summed E-state index contributed by atoms with van der Waals surface area (Å²) in [6, 6.07) is 3.67. The van der Waals surface area contributed by atoms with Gasteiger partial charge in [-0.1, -0.05) is 26.7 Å². The second-order valence-electron chi connectivity index (χ2n) is 5.75. The number of amides is 1. The van der Waals surface area contributed by atoms with E-state index in [9.17, 15) is 4.79 Å². The monoisotopic (exact) mass is 264 g/mol. The Kier molecular flexibility index (Phi) is 4.64. The zero-order chi connectivity index (χ0) is 13.8. The molecule has 0 spiro atoms. The zero-order valence-corrected chi connectivity index (χ0v) is 11.8. The lowest BCUT2D eigenvalue weighted by Gasteiger charge is -2.31. The normalized spacial score (nSPS) is 17.9. The van der Waals surface area contributed by atoms with Gasteiger partial charge in [-0.05, 0) is 30.9 Å². The highest BCUT2D eigenvalue weighted by Gasteiger charge is 2.31. The third-order valence-electron chi connectivity index (χ3n) is 3.96. The average molecular weight is 264 g/mol. The Hall–Kier alpha value is -1.29. The van der Waals surface area contributed by atoms with Crippen LogP contribution in [0.4, 0.5) is 0 Å². The van der Waals surface area contributed by atoms with Gasteiger partial charge in [0.2, 0.25) is 5.91 Å². The lowest BCUT2D eigenvalue weighted by atomic mass is 10.0. The Bertz CT molecular complexity index is 394. The highest BCUT2D eigenvalue weighted by atomic mass is 16.3. The predicted octanol–water partition coefficient (Wildman–Crippen LogP) is 2.53. The molecule has 1 aromatic heterocycles. The van der Waals surface area contributed by atoms with Crippen molar-refractivity contribution in [2.75, 3.05) is 0 Å². The summed E-state index contributed by atoms with van der Waals surface area (Å²) in [7, 11) is 0. The largest absolute Gasteiger partial charge is 0.467 e. The number of hydrogen-bond acceptors (Lipinski definition) is 3. The number of rotatable bonds is 5. The molecule has 1 aromatic rings. The summed E-state index contributed by atoms with van der Waals surface area (Å²) >= 11 is 0. The zero-order valence-electron chi connectivity index (χ0n) is 11.8. The standard InChI is InChI=1S/C15H24N2O2/c1-11(2)14(16)15(18)17(12-6-3-4-7-12)10-13-8-5-9-19-13/h5,8-9,11-12,14H,3-4,6-7,10,16H2,1-2H3/t14-/m0/s1. The van der Waals surface area contributed by atoms with E-state index in [2.05, 4.69) is 0 Å². The lowest BCUT2D eigenvalue weighted by molar-refractivity contribution is -0.136. The van der Waals surface area contributed by atoms with Crippen molar-refractivity contribution in [1.82, 2.24) is 4.90 Å². The third kappa shape index (κ3) is 3.38. The number of hydrogen-bond donors (Lipinski definition) is 1. The summed E-state index contributed by atoms with van der Waals surface area (Å²) in [4.78, 5) is 14.5. The van der Waals surface area contributed by atoms with Crippen molar-refractivity contribution in [1.29, 1.82) is 0 Å². The molecule has 0 aromatic carbocycles. The van der Waals surface area contributed by atoms with Crippen LogP contribution in [-0.4, -0.2) is 22.9 Å². The van der Waals surface area contributed by atoms with Gasteiger partial charge in [-0.3, -0.25) is 4.79 Å². The molecule has 0 bridgehead atoms. The van der Waals surface area contributed by atoms with E-state index in [1.807, 2.05) is 30.9 Å². The van der Waals surface area contributed by atoms with Gasteiger partial charge in [0, 0.05) is 6.04 Å². The minimum Gasteiger partial charge on any atom is -0.467 e. The van der Waals surface area contributed by atoms with Crippen LogP contribution in [0.15, 0.2) is 22.8 Å². The first-order valence-corrected chi connectivity index (χ1v) is 7.18. The maximum atomic E-state index is 12.6. The molecule has 2 rings (SSSR count). The Morgan fingerprint density at radius 3 is 2.68 bits per heavy atom. The van der Waals surface area contributed by atoms with Crippen molar-refractivity contribution < 1.29 is 9.21 Å². The molecule has 0 aliphatic heterocycles. The van der Waals surface area contributed by atoms with Gasteiger partial charge in [0.1, 0.15) is 5.76 Å². The van der Waals surface area contributed by atoms with Crippen molar-refractivity contribution in [3.63, 3.8) is 0 Å². The summed E-state index contributed by atoms with van der Waals surface area (Å²) in [6.45, 7) is 4.52. The summed E-state index contributed by atoms with van der Waals surface area (Å²) < 4.78 is 5.38. The van der Waals surface area contributed by atoms with E-state index in [4.69, 9.17) is 10.2 Å². The summed E-state index contributed by atoms with van der Waals surface area (Å²) in [5, 5.41) is 0. The Labute approximate surface area is 114 Å². The predicted molar refractivity (Wildman–Crippen MR) is 74.3 cm³/mol. The van der Waals surface area contributed by atoms with Crippen LogP contribution < -0.4 is 5.73 Å². The van der Waals surface area contributed by atoms with Crippen molar-refractivity contribution in [2.24, 2.45) is 11.7 Å². The average Bonchev–Trinajstić information content (AvgIpc) is 3.06. The van der Waals surface area contributed by atoms with Gasteiger partial charge in [-0.15, -0.1) is 0 Å². The Morgan fingerprint density at radius 2 is 2.16 bits per heavy atom. The molecule has 19 heavy (non-hydrogen) atoms. The molecule has 2 N–H and O–H groups in total. The molecule has 1 aliphatic rings. The van der Waals surface area contributed by atoms with Crippen molar-refractivity contribution in [3.8, 4) is 0 Å². The van der Waals surface area contributed by atoms with Gasteiger partial charge in [0.25, 0.3) is 0 Å². The molecule has 0 unspecified atom stereocenters.